The van der Waals surface area contributed by atoms with Crippen molar-refractivity contribution in [3.63, 3.8) is 0 Å². The lowest BCUT2D eigenvalue weighted by Crippen LogP contribution is -2.16. The van der Waals surface area contributed by atoms with Gasteiger partial charge in [0, 0.05) is 94.5 Å². The molecule has 0 radical (unpaired) electrons. The van der Waals surface area contributed by atoms with Gasteiger partial charge in [-0.05, 0) is 140 Å². The molecule has 4 heterocycles. The van der Waals surface area contributed by atoms with Crippen LogP contribution >= 0.6 is 0 Å². The van der Waals surface area contributed by atoms with E-state index in [0.29, 0.717) is 0 Å². The van der Waals surface area contributed by atoms with Crippen molar-refractivity contribution in [3.8, 4) is 22.3 Å². The Morgan fingerprint density at radius 1 is 0.288 bits per heavy atom. The lowest BCUT2D eigenvalue weighted by atomic mass is 9.81. The number of hydrogen-bond donors (Lipinski definition) is 0. The minimum atomic E-state index is -0.174. The zero-order valence-electron chi connectivity index (χ0n) is 37.5. The van der Waals surface area contributed by atoms with Crippen molar-refractivity contribution >= 4 is 58.4 Å². The van der Waals surface area contributed by atoms with E-state index in [4.69, 9.17) is 0 Å². The highest BCUT2D eigenvalue weighted by Crippen LogP contribution is 2.52. The van der Waals surface area contributed by atoms with Gasteiger partial charge in [0.15, 0.2) is 0 Å². The van der Waals surface area contributed by atoms with E-state index in [1.807, 2.05) is 98.1 Å². The highest BCUT2D eigenvalue weighted by atomic mass is 15.2. The maximum atomic E-state index is 4.27. The van der Waals surface area contributed by atoms with Gasteiger partial charge < -0.3 is 9.80 Å². The number of rotatable bonds is 10. The summed E-state index contributed by atoms with van der Waals surface area (Å²) in [6, 6.07) is 52.7. The third kappa shape index (κ3) is 7.27. The second-order valence-electron chi connectivity index (χ2n) is 18.1. The molecule has 0 unspecified atom stereocenters. The van der Waals surface area contributed by atoms with Gasteiger partial charge in [0.25, 0.3) is 0 Å². The Hall–Kier alpha value is -8.22. The normalized spacial score (nSPS) is 13.9. The fraction of sp³-hybridized carbons (Fsp3) is 0.100. The van der Waals surface area contributed by atoms with E-state index >= 15 is 0 Å². The largest absolute Gasteiger partial charge is 0.310 e. The SMILES string of the molecule is CC1(C)c2cc(/C=C/c3ccc(/C=C/c4ccc5c(c4)C(C)(C)c4cc(N(c6ccncc6)c6ccncc6)ccc4-5)cc3)ccc2-c2ccc(N(c3ccncc3)c3ccncc3)cc21. The predicted molar refractivity (Wildman–Crippen MR) is 273 cm³/mol. The molecular formula is C60H48N6. The first-order valence-electron chi connectivity index (χ1n) is 22.5. The van der Waals surface area contributed by atoms with Crippen LogP contribution in [0.15, 0.2) is 195 Å². The minimum Gasteiger partial charge on any atom is -0.310 e. The van der Waals surface area contributed by atoms with Crippen LogP contribution in [-0.4, -0.2) is 19.9 Å². The Morgan fingerprint density at radius 2 is 0.545 bits per heavy atom. The Bertz CT molecular complexity index is 2980. The molecule has 2 aliphatic carbocycles. The number of benzene rings is 5. The second-order valence-corrected chi connectivity index (χ2v) is 18.1. The molecule has 0 bridgehead atoms. The lowest BCUT2D eigenvalue weighted by Gasteiger charge is -2.27. The summed E-state index contributed by atoms with van der Waals surface area (Å²) in [5, 5.41) is 0. The summed E-state index contributed by atoms with van der Waals surface area (Å²) < 4.78 is 0. The first-order chi connectivity index (χ1) is 32.2. The van der Waals surface area contributed by atoms with E-state index in [-0.39, 0.29) is 10.8 Å². The van der Waals surface area contributed by atoms with Gasteiger partial charge in [-0.15, -0.1) is 0 Å². The van der Waals surface area contributed by atoms with Crippen LogP contribution in [0.4, 0.5) is 34.1 Å². The molecule has 0 saturated heterocycles. The van der Waals surface area contributed by atoms with Crippen LogP contribution in [0, 0.1) is 0 Å². The summed E-state index contributed by atoms with van der Waals surface area (Å²) in [5.41, 5.74) is 21.3. The molecule has 11 rings (SSSR count). The molecule has 0 spiro atoms. The van der Waals surface area contributed by atoms with Crippen LogP contribution in [0.2, 0.25) is 0 Å². The van der Waals surface area contributed by atoms with E-state index in [0.717, 1.165) is 45.3 Å². The van der Waals surface area contributed by atoms with Gasteiger partial charge in [0.05, 0.1) is 0 Å². The quantitative estimate of drug-likeness (QED) is 0.128. The average molecular weight is 853 g/mol. The Morgan fingerprint density at radius 3 is 0.864 bits per heavy atom. The molecule has 0 aliphatic heterocycles. The van der Waals surface area contributed by atoms with Crippen LogP contribution in [-0.2, 0) is 10.8 Å². The van der Waals surface area contributed by atoms with Gasteiger partial charge in [-0.1, -0.05) is 125 Å². The molecule has 0 saturated carbocycles. The molecule has 6 heteroatoms. The number of pyridine rings is 4. The highest BCUT2D eigenvalue weighted by molar-refractivity contribution is 5.88. The first-order valence-corrected chi connectivity index (χ1v) is 22.5. The molecule has 0 atom stereocenters. The predicted octanol–water partition coefficient (Wildman–Crippen LogP) is 15.2. The van der Waals surface area contributed by atoms with E-state index < -0.39 is 0 Å². The maximum Gasteiger partial charge on any atom is 0.0492 e. The molecular weight excluding hydrogens is 805 g/mol. The number of fused-ring (bicyclic) bond motifs is 6. The topological polar surface area (TPSA) is 58.0 Å². The molecule has 5 aromatic carbocycles. The van der Waals surface area contributed by atoms with Crippen molar-refractivity contribution in [1.29, 1.82) is 0 Å². The summed E-state index contributed by atoms with van der Waals surface area (Å²) in [7, 11) is 0. The molecule has 318 valence electrons. The molecule has 4 aromatic heterocycles. The molecule has 2 aliphatic rings. The summed E-state index contributed by atoms with van der Waals surface area (Å²) in [5.74, 6) is 0. The van der Waals surface area contributed by atoms with Gasteiger partial charge in [-0.3, -0.25) is 19.9 Å². The number of aromatic nitrogens is 4. The van der Waals surface area contributed by atoms with Gasteiger partial charge in [-0.25, -0.2) is 0 Å². The zero-order valence-corrected chi connectivity index (χ0v) is 37.5. The molecule has 0 N–H and O–H groups in total. The van der Waals surface area contributed by atoms with Gasteiger partial charge >= 0.3 is 0 Å². The van der Waals surface area contributed by atoms with Gasteiger partial charge in [0.2, 0.25) is 0 Å². The van der Waals surface area contributed by atoms with E-state index in [2.05, 4.69) is 179 Å². The first kappa shape index (κ1) is 40.5. The van der Waals surface area contributed by atoms with Crippen molar-refractivity contribution in [3.05, 3.63) is 240 Å². The van der Waals surface area contributed by atoms with E-state index in [1.165, 1.54) is 55.6 Å². The number of nitrogens with zero attached hydrogens (tertiary/aromatic N) is 6. The Kier molecular flexibility index (Phi) is 10.1. The molecule has 0 amide bonds. The standard InChI is InChI=1S/C60H48N6/c1-59(2)55-37-43(13-17-51(55)53-19-15-49(39-57(53)59)65(45-21-29-61-30-22-45)46-23-31-62-32-24-46)11-9-41-5-7-42(8-6-41)10-12-44-14-18-52-54-20-16-50(40-58(54)60(3,4)56(52)38-44)66(47-25-33-63-34-26-47)48-27-35-64-36-28-48/h5-40H,1-4H3/b11-9+,12-10+. The monoisotopic (exact) mass is 852 g/mol. The summed E-state index contributed by atoms with van der Waals surface area (Å²) >= 11 is 0. The fourth-order valence-corrected chi connectivity index (χ4v) is 9.94. The third-order valence-electron chi connectivity index (χ3n) is 13.4. The van der Waals surface area contributed by atoms with Crippen molar-refractivity contribution < 1.29 is 0 Å². The van der Waals surface area contributed by atoms with Crippen molar-refractivity contribution in [2.45, 2.75) is 38.5 Å². The third-order valence-corrected chi connectivity index (χ3v) is 13.4. The molecule has 6 nitrogen and oxygen atoms in total. The Labute approximate surface area is 387 Å². The van der Waals surface area contributed by atoms with Gasteiger partial charge in [0.1, 0.15) is 0 Å². The van der Waals surface area contributed by atoms with Crippen molar-refractivity contribution in [1.82, 2.24) is 19.9 Å². The van der Waals surface area contributed by atoms with Crippen LogP contribution in [0.25, 0.3) is 46.6 Å². The van der Waals surface area contributed by atoms with Crippen LogP contribution in [0.5, 0.6) is 0 Å². The van der Waals surface area contributed by atoms with E-state index in [9.17, 15) is 0 Å². The number of anilines is 6. The second kappa shape index (κ2) is 16.4. The minimum absolute atomic E-state index is 0.174. The summed E-state index contributed by atoms with van der Waals surface area (Å²) in [6.45, 7) is 9.36. The highest BCUT2D eigenvalue weighted by Gasteiger charge is 2.37. The smallest absolute Gasteiger partial charge is 0.0492 e. The lowest BCUT2D eigenvalue weighted by molar-refractivity contribution is 0.660. The molecule has 66 heavy (non-hydrogen) atoms. The van der Waals surface area contributed by atoms with Crippen LogP contribution < -0.4 is 9.80 Å². The summed E-state index contributed by atoms with van der Waals surface area (Å²) in [4.78, 5) is 21.6. The Balaban J connectivity index is 0.796. The molecule has 9 aromatic rings. The van der Waals surface area contributed by atoms with Crippen molar-refractivity contribution in [2.24, 2.45) is 0 Å². The van der Waals surface area contributed by atoms with Crippen molar-refractivity contribution in [2.75, 3.05) is 9.80 Å². The van der Waals surface area contributed by atoms with Crippen LogP contribution in [0.3, 0.4) is 0 Å². The van der Waals surface area contributed by atoms with E-state index in [1.54, 1.807) is 0 Å². The number of hydrogen-bond acceptors (Lipinski definition) is 6. The van der Waals surface area contributed by atoms with Gasteiger partial charge in [-0.2, -0.15) is 0 Å². The zero-order chi connectivity index (χ0) is 44.8. The average Bonchev–Trinajstić information content (AvgIpc) is 3.72. The van der Waals surface area contributed by atoms with Crippen LogP contribution in [0.1, 0.15) is 72.2 Å². The molecule has 0 fully saturated rings. The fourth-order valence-electron chi connectivity index (χ4n) is 9.94. The summed E-state index contributed by atoms with van der Waals surface area (Å²) in [6.07, 6.45) is 23.6. The maximum absolute atomic E-state index is 4.27.